The summed E-state index contributed by atoms with van der Waals surface area (Å²) >= 11 is 4.77. The molecule has 1 amide bonds. The molecular formula is C21H24N2OS. The summed E-state index contributed by atoms with van der Waals surface area (Å²) in [5.41, 5.74) is 1.85. The van der Waals surface area contributed by atoms with E-state index in [4.69, 9.17) is 12.2 Å². The van der Waals surface area contributed by atoms with Gasteiger partial charge in [-0.15, -0.1) is 0 Å². The second-order valence-electron chi connectivity index (χ2n) is 7.15. The minimum atomic E-state index is -0.544. The van der Waals surface area contributed by atoms with Crippen LogP contribution in [-0.2, 0) is 17.9 Å². The van der Waals surface area contributed by atoms with E-state index < -0.39 is 6.04 Å². The quantitative estimate of drug-likeness (QED) is 0.556. The molecule has 0 bridgehead atoms. The van der Waals surface area contributed by atoms with Crippen LogP contribution in [0.4, 0.5) is 0 Å². The Morgan fingerprint density at radius 2 is 1.44 bits per heavy atom. The largest absolute Gasteiger partial charge is 0.332 e. The van der Waals surface area contributed by atoms with Gasteiger partial charge in [-0.05, 0) is 28.8 Å². The van der Waals surface area contributed by atoms with E-state index >= 15 is 0 Å². The van der Waals surface area contributed by atoms with E-state index in [1.165, 1.54) is 0 Å². The van der Waals surface area contributed by atoms with Gasteiger partial charge in [-0.3, -0.25) is 4.79 Å². The Morgan fingerprint density at radius 1 is 1.00 bits per heavy atom. The highest BCUT2D eigenvalue weighted by Crippen LogP contribution is 2.25. The molecule has 1 atom stereocenters. The summed E-state index contributed by atoms with van der Waals surface area (Å²) in [5.74, 6) is -0.0300. The molecule has 2 aromatic rings. The fourth-order valence-corrected chi connectivity index (χ4v) is 2.77. The van der Waals surface area contributed by atoms with E-state index in [1.807, 2.05) is 86.3 Å². The second kappa shape index (κ2) is 8.70. The van der Waals surface area contributed by atoms with Gasteiger partial charge in [0, 0.05) is 13.1 Å². The van der Waals surface area contributed by atoms with Gasteiger partial charge in [0.1, 0.15) is 6.04 Å². The summed E-state index contributed by atoms with van der Waals surface area (Å²) in [6.07, 6.45) is 0. The molecule has 0 aliphatic carbocycles. The molecule has 0 aliphatic heterocycles. The number of nitrogens with zero attached hydrogens (tertiary/aromatic N) is 2. The van der Waals surface area contributed by atoms with Gasteiger partial charge < -0.3 is 4.90 Å². The first-order valence-corrected chi connectivity index (χ1v) is 8.76. The van der Waals surface area contributed by atoms with Crippen molar-refractivity contribution in [3.05, 3.63) is 71.8 Å². The van der Waals surface area contributed by atoms with E-state index in [2.05, 4.69) is 10.2 Å². The van der Waals surface area contributed by atoms with Crippen LogP contribution >= 0.6 is 12.2 Å². The molecule has 0 heterocycles. The van der Waals surface area contributed by atoms with E-state index in [-0.39, 0.29) is 11.3 Å². The van der Waals surface area contributed by atoms with Crippen LogP contribution in [0, 0.1) is 5.41 Å². The molecule has 0 saturated carbocycles. The van der Waals surface area contributed by atoms with Crippen LogP contribution in [0.15, 0.2) is 65.7 Å². The van der Waals surface area contributed by atoms with E-state index in [0.29, 0.717) is 13.1 Å². The van der Waals surface area contributed by atoms with Gasteiger partial charge in [0.15, 0.2) is 0 Å². The Kier molecular flexibility index (Phi) is 6.63. The summed E-state index contributed by atoms with van der Waals surface area (Å²) < 4.78 is 0. The Morgan fingerprint density at radius 3 is 1.80 bits per heavy atom. The molecule has 0 radical (unpaired) electrons. The number of carbonyl (C=O) groups excluding carboxylic acids is 1. The third kappa shape index (κ3) is 5.63. The molecule has 2 rings (SSSR count). The first kappa shape index (κ1) is 19.0. The summed E-state index contributed by atoms with van der Waals surface area (Å²) in [6.45, 7) is 7.06. The van der Waals surface area contributed by atoms with Gasteiger partial charge in [0.25, 0.3) is 0 Å². The zero-order chi connectivity index (χ0) is 18.3. The van der Waals surface area contributed by atoms with Crippen LogP contribution in [0.25, 0.3) is 0 Å². The minimum Gasteiger partial charge on any atom is -0.332 e. The van der Waals surface area contributed by atoms with Gasteiger partial charge in [-0.25, -0.2) is 4.99 Å². The Bertz CT molecular complexity index is 690. The molecular weight excluding hydrogens is 328 g/mol. The first-order chi connectivity index (χ1) is 11.9. The molecule has 0 aromatic heterocycles. The molecule has 2 aromatic carbocycles. The highest BCUT2D eigenvalue weighted by atomic mass is 32.1. The smallest absolute Gasteiger partial charge is 0.249 e. The van der Waals surface area contributed by atoms with Crippen molar-refractivity contribution in [2.24, 2.45) is 10.4 Å². The van der Waals surface area contributed by atoms with Gasteiger partial charge >= 0.3 is 0 Å². The number of isothiocyanates is 1. The summed E-state index contributed by atoms with van der Waals surface area (Å²) in [5, 5.41) is 2.40. The number of thiocarbonyl (C=S) groups is 1. The maximum Gasteiger partial charge on any atom is 0.249 e. The van der Waals surface area contributed by atoms with Crippen molar-refractivity contribution >= 4 is 23.3 Å². The van der Waals surface area contributed by atoms with Crippen molar-refractivity contribution in [2.45, 2.75) is 39.9 Å². The lowest BCUT2D eigenvalue weighted by molar-refractivity contribution is -0.136. The third-order valence-electron chi connectivity index (χ3n) is 3.98. The molecule has 130 valence electrons. The van der Waals surface area contributed by atoms with Crippen molar-refractivity contribution in [3.63, 3.8) is 0 Å². The van der Waals surface area contributed by atoms with E-state index in [9.17, 15) is 4.79 Å². The third-order valence-corrected chi connectivity index (χ3v) is 4.09. The zero-order valence-electron chi connectivity index (χ0n) is 15.0. The Balaban J connectivity index is 2.32. The van der Waals surface area contributed by atoms with E-state index in [0.717, 1.165) is 11.1 Å². The predicted octanol–water partition coefficient (Wildman–Crippen LogP) is 4.73. The highest BCUT2D eigenvalue weighted by Gasteiger charge is 2.34. The molecule has 4 heteroatoms. The average molecular weight is 353 g/mol. The van der Waals surface area contributed by atoms with Gasteiger partial charge in [-0.1, -0.05) is 81.4 Å². The SMILES string of the molecule is CC(C)(C)[C@H](N=C=S)C(=O)N(Cc1ccccc1)Cc1ccccc1. The van der Waals surface area contributed by atoms with Gasteiger partial charge in [-0.2, -0.15) is 0 Å². The minimum absolute atomic E-state index is 0.0300. The molecule has 0 unspecified atom stereocenters. The number of carbonyl (C=O) groups is 1. The molecule has 0 N–H and O–H groups in total. The van der Waals surface area contributed by atoms with Crippen LogP contribution < -0.4 is 0 Å². The number of hydrogen-bond donors (Lipinski definition) is 0. The molecule has 3 nitrogen and oxygen atoms in total. The Labute approximate surface area is 155 Å². The molecule has 0 fully saturated rings. The fraction of sp³-hybridized carbons (Fsp3) is 0.333. The van der Waals surface area contributed by atoms with Crippen LogP contribution in [-0.4, -0.2) is 22.0 Å². The second-order valence-corrected chi connectivity index (χ2v) is 7.34. The maximum atomic E-state index is 13.2. The number of rotatable bonds is 6. The van der Waals surface area contributed by atoms with Crippen molar-refractivity contribution in [3.8, 4) is 0 Å². The summed E-state index contributed by atoms with van der Waals surface area (Å²) in [4.78, 5) is 19.3. The normalized spacial score (nSPS) is 12.1. The van der Waals surface area contributed by atoms with Crippen LogP contribution in [0.1, 0.15) is 31.9 Å². The standard InChI is InChI=1S/C21H24N2OS/c1-21(2,3)19(22-16-25)20(24)23(14-17-10-6-4-7-11-17)15-18-12-8-5-9-13-18/h4-13,19H,14-15H2,1-3H3/t19-/m1/s1. The van der Waals surface area contributed by atoms with Crippen molar-refractivity contribution < 1.29 is 4.79 Å². The lowest BCUT2D eigenvalue weighted by Crippen LogP contribution is -2.43. The zero-order valence-corrected chi connectivity index (χ0v) is 15.8. The predicted molar refractivity (Wildman–Crippen MR) is 105 cm³/mol. The van der Waals surface area contributed by atoms with E-state index in [1.54, 1.807) is 0 Å². The maximum absolute atomic E-state index is 13.2. The highest BCUT2D eigenvalue weighted by molar-refractivity contribution is 7.78. The summed E-state index contributed by atoms with van der Waals surface area (Å²) in [6, 6.07) is 19.4. The lowest BCUT2D eigenvalue weighted by atomic mass is 9.86. The lowest BCUT2D eigenvalue weighted by Gasteiger charge is -2.31. The topological polar surface area (TPSA) is 32.7 Å². The Hall–Kier alpha value is -2.29. The van der Waals surface area contributed by atoms with Crippen LogP contribution in [0.2, 0.25) is 0 Å². The van der Waals surface area contributed by atoms with Crippen LogP contribution in [0.5, 0.6) is 0 Å². The molecule has 25 heavy (non-hydrogen) atoms. The number of amides is 1. The first-order valence-electron chi connectivity index (χ1n) is 8.35. The van der Waals surface area contributed by atoms with Crippen molar-refractivity contribution in [1.29, 1.82) is 0 Å². The van der Waals surface area contributed by atoms with Crippen molar-refractivity contribution in [2.75, 3.05) is 0 Å². The molecule has 0 saturated heterocycles. The van der Waals surface area contributed by atoms with Crippen molar-refractivity contribution in [1.82, 2.24) is 4.90 Å². The van der Waals surface area contributed by atoms with Gasteiger partial charge in [0.2, 0.25) is 5.91 Å². The number of hydrogen-bond acceptors (Lipinski definition) is 3. The fourth-order valence-electron chi connectivity index (χ4n) is 2.66. The number of aliphatic imine (C=N–C) groups is 1. The monoisotopic (exact) mass is 352 g/mol. The number of benzene rings is 2. The van der Waals surface area contributed by atoms with Gasteiger partial charge in [0.05, 0.1) is 5.16 Å². The average Bonchev–Trinajstić information content (AvgIpc) is 2.59. The molecule has 0 aliphatic rings. The molecule has 0 spiro atoms. The summed E-state index contributed by atoms with van der Waals surface area (Å²) in [7, 11) is 0. The van der Waals surface area contributed by atoms with Crippen LogP contribution in [0.3, 0.4) is 0 Å².